The first-order valence-electron chi connectivity index (χ1n) is 7.57. The van der Waals surface area contributed by atoms with Crippen LogP contribution in [0.15, 0.2) is 46.9 Å². The minimum absolute atomic E-state index is 0.00694. The molecule has 0 saturated carbocycles. The van der Waals surface area contributed by atoms with E-state index in [0.717, 1.165) is 0 Å². The van der Waals surface area contributed by atoms with Crippen LogP contribution in [0, 0.1) is 5.82 Å². The maximum absolute atomic E-state index is 13.2. The first-order chi connectivity index (χ1) is 11.5. The van der Waals surface area contributed by atoms with E-state index < -0.39 is 5.97 Å². The van der Waals surface area contributed by atoms with Gasteiger partial charge in [-0.3, -0.25) is 0 Å². The highest BCUT2D eigenvalue weighted by Crippen LogP contribution is 2.36. The minimum Gasteiger partial charge on any atom is -0.491 e. The summed E-state index contributed by atoms with van der Waals surface area (Å²) < 4.78 is 29.6. The molecule has 0 aliphatic heterocycles. The number of esters is 1. The molecule has 3 aromatic rings. The van der Waals surface area contributed by atoms with Gasteiger partial charge in [-0.2, -0.15) is 0 Å². The Morgan fingerprint density at radius 1 is 1.12 bits per heavy atom. The number of rotatable bonds is 4. The number of hydrogen-bond acceptors (Lipinski definition) is 4. The van der Waals surface area contributed by atoms with Gasteiger partial charge >= 0.3 is 5.97 Å². The predicted molar refractivity (Wildman–Crippen MR) is 88.7 cm³/mol. The van der Waals surface area contributed by atoms with Gasteiger partial charge in [0.1, 0.15) is 28.5 Å². The summed E-state index contributed by atoms with van der Waals surface area (Å²) >= 11 is 0. The molecule has 1 aromatic heterocycles. The molecule has 0 aliphatic carbocycles. The van der Waals surface area contributed by atoms with Crippen LogP contribution >= 0.6 is 0 Å². The summed E-state index contributed by atoms with van der Waals surface area (Å²) in [6.07, 6.45) is 0.00694. The van der Waals surface area contributed by atoms with Gasteiger partial charge in [0.25, 0.3) is 0 Å². The molecule has 3 rings (SSSR count). The molecule has 5 heteroatoms. The minimum atomic E-state index is -0.519. The van der Waals surface area contributed by atoms with Crippen molar-refractivity contribution in [1.29, 1.82) is 0 Å². The number of methoxy groups -OCH3 is 1. The third-order valence-electron chi connectivity index (χ3n) is 3.53. The topological polar surface area (TPSA) is 48.7 Å². The second-order valence-corrected chi connectivity index (χ2v) is 5.63. The molecule has 0 aliphatic rings. The SMILES string of the molecule is COC(=O)c1c(-c2ccc(F)cc2)oc2ccc(OC(C)C)cc12. The van der Waals surface area contributed by atoms with Crippen LogP contribution in [0.3, 0.4) is 0 Å². The predicted octanol–water partition coefficient (Wildman–Crippen LogP) is 4.81. The Morgan fingerprint density at radius 2 is 1.83 bits per heavy atom. The van der Waals surface area contributed by atoms with E-state index in [1.807, 2.05) is 13.8 Å². The Morgan fingerprint density at radius 3 is 2.46 bits per heavy atom. The van der Waals surface area contributed by atoms with Crippen LogP contribution in [0.2, 0.25) is 0 Å². The van der Waals surface area contributed by atoms with Gasteiger partial charge in [-0.05, 0) is 56.3 Å². The van der Waals surface area contributed by atoms with Crippen LogP contribution in [-0.4, -0.2) is 19.2 Å². The molecule has 0 spiro atoms. The number of ether oxygens (including phenoxy) is 2. The van der Waals surface area contributed by atoms with Crippen LogP contribution in [0.4, 0.5) is 4.39 Å². The summed E-state index contributed by atoms with van der Waals surface area (Å²) in [5.74, 6) is 0.101. The Bertz CT molecular complexity index is 878. The lowest BCUT2D eigenvalue weighted by Gasteiger charge is -2.09. The number of carbonyl (C=O) groups excluding carboxylic acids is 1. The highest BCUT2D eigenvalue weighted by atomic mass is 19.1. The Kier molecular flexibility index (Phi) is 4.25. The van der Waals surface area contributed by atoms with Gasteiger partial charge in [0.2, 0.25) is 0 Å². The van der Waals surface area contributed by atoms with Gasteiger partial charge in [-0.25, -0.2) is 9.18 Å². The molecule has 0 bridgehead atoms. The molecule has 0 radical (unpaired) electrons. The van der Waals surface area contributed by atoms with Crippen LogP contribution in [0.1, 0.15) is 24.2 Å². The molecule has 0 fully saturated rings. The van der Waals surface area contributed by atoms with E-state index in [1.165, 1.54) is 19.2 Å². The summed E-state index contributed by atoms with van der Waals surface area (Å²) in [6.45, 7) is 3.84. The van der Waals surface area contributed by atoms with Crippen molar-refractivity contribution in [3.63, 3.8) is 0 Å². The van der Waals surface area contributed by atoms with Crippen molar-refractivity contribution in [3.05, 3.63) is 53.8 Å². The highest BCUT2D eigenvalue weighted by molar-refractivity contribution is 6.09. The van der Waals surface area contributed by atoms with Crippen molar-refractivity contribution in [2.24, 2.45) is 0 Å². The van der Waals surface area contributed by atoms with E-state index in [9.17, 15) is 9.18 Å². The van der Waals surface area contributed by atoms with Crippen molar-refractivity contribution in [2.45, 2.75) is 20.0 Å². The average molecular weight is 328 g/mol. The van der Waals surface area contributed by atoms with Gasteiger partial charge < -0.3 is 13.9 Å². The summed E-state index contributed by atoms with van der Waals surface area (Å²) in [4.78, 5) is 12.3. The fourth-order valence-corrected chi connectivity index (χ4v) is 2.53. The number of fused-ring (bicyclic) bond motifs is 1. The smallest absolute Gasteiger partial charge is 0.342 e. The molecular weight excluding hydrogens is 311 g/mol. The van der Waals surface area contributed by atoms with Gasteiger partial charge in [0, 0.05) is 10.9 Å². The summed E-state index contributed by atoms with van der Waals surface area (Å²) in [6, 6.07) is 11.0. The summed E-state index contributed by atoms with van der Waals surface area (Å²) in [5.41, 5.74) is 1.43. The zero-order valence-corrected chi connectivity index (χ0v) is 13.6. The molecule has 0 amide bonds. The van der Waals surface area contributed by atoms with E-state index in [0.29, 0.717) is 33.6 Å². The Labute approximate surface area is 138 Å². The molecule has 2 aromatic carbocycles. The molecular formula is C19H17FO4. The maximum atomic E-state index is 13.2. The molecule has 0 unspecified atom stereocenters. The maximum Gasteiger partial charge on any atom is 0.342 e. The summed E-state index contributed by atoms with van der Waals surface area (Å²) in [5, 5.41) is 0.597. The standard InChI is InChI=1S/C19H17FO4/c1-11(2)23-14-8-9-16-15(10-14)17(19(21)22-3)18(24-16)12-4-6-13(20)7-5-12/h4-11H,1-3H3. The molecule has 124 valence electrons. The molecule has 0 atom stereocenters. The monoisotopic (exact) mass is 328 g/mol. The molecule has 0 saturated heterocycles. The van der Waals surface area contributed by atoms with Crippen molar-refractivity contribution >= 4 is 16.9 Å². The van der Waals surface area contributed by atoms with Gasteiger partial charge in [-0.1, -0.05) is 0 Å². The number of furan rings is 1. The van der Waals surface area contributed by atoms with Crippen molar-refractivity contribution in [1.82, 2.24) is 0 Å². The van der Waals surface area contributed by atoms with Crippen molar-refractivity contribution < 1.29 is 23.1 Å². The van der Waals surface area contributed by atoms with Crippen LogP contribution < -0.4 is 4.74 Å². The molecule has 0 N–H and O–H groups in total. The van der Waals surface area contributed by atoms with Crippen molar-refractivity contribution in [3.8, 4) is 17.1 Å². The number of halogens is 1. The number of benzene rings is 2. The average Bonchev–Trinajstić information content (AvgIpc) is 2.93. The number of hydrogen-bond donors (Lipinski definition) is 0. The molecule has 4 nitrogen and oxygen atoms in total. The molecule has 24 heavy (non-hydrogen) atoms. The fourth-order valence-electron chi connectivity index (χ4n) is 2.53. The van der Waals surface area contributed by atoms with Gasteiger partial charge in [0.15, 0.2) is 0 Å². The first-order valence-corrected chi connectivity index (χ1v) is 7.57. The quantitative estimate of drug-likeness (QED) is 0.645. The van der Waals surface area contributed by atoms with Crippen LogP contribution in [0.25, 0.3) is 22.3 Å². The highest BCUT2D eigenvalue weighted by Gasteiger charge is 2.23. The van der Waals surface area contributed by atoms with Gasteiger partial charge in [0.05, 0.1) is 13.2 Å². The van der Waals surface area contributed by atoms with E-state index in [-0.39, 0.29) is 11.9 Å². The fraction of sp³-hybridized carbons (Fsp3) is 0.211. The second kappa shape index (κ2) is 6.35. The van der Waals surface area contributed by atoms with E-state index in [1.54, 1.807) is 30.3 Å². The van der Waals surface area contributed by atoms with Gasteiger partial charge in [-0.15, -0.1) is 0 Å². The third kappa shape index (κ3) is 2.97. The third-order valence-corrected chi connectivity index (χ3v) is 3.53. The lowest BCUT2D eigenvalue weighted by molar-refractivity contribution is 0.0603. The summed E-state index contributed by atoms with van der Waals surface area (Å²) in [7, 11) is 1.31. The Balaban J connectivity index is 2.21. The zero-order chi connectivity index (χ0) is 17.3. The van der Waals surface area contributed by atoms with E-state index in [2.05, 4.69) is 0 Å². The lowest BCUT2D eigenvalue weighted by atomic mass is 10.1. The van der Waals surface area contributed by atoms with E-state index in [4.69, 9.17) is 13.9 Å². The van der Waals surface area contributed by atoms with Crippen molar-refractivity contribution in [2.75, 3.05) is 7.11 Å². The normalized spacial score (nSPS) is 11.0. The zero-order valence-electron chi connectivity index (χ0n) is 13.6. The Hall–Kier alpha value is -2.82. The molecule has 1 heterocycles. The lowest BCUT2D eigenvalue weighted by Crippen LogP contribution is -2.05. The largest absolute Gasteiger partial charge is 0.491 e. The first kappa shape index (κ1) is 16.1. The van der Waals surface area contributed by atoms with E-state index >= 15 is 0 Å². The number of carbonyl (C=O) groups is 1. The van der Waals surface area contributed by atoms with Crippen LogP contribution in [0.5, 0.6) is 5.75 Å². The second-order valence-electron chi connectivity index (χ2n) is 5.63. The van der Waals surface area contributed by atoms with Crippen LogP contribution in [-0.2, 0) is 4.74 Å².